The van der Waals surface area contributed by atoms with Crippen LogP contribution in [-0.4, -0.2) is 64.6 Å². The minimum absolute atomic E-state index is 0.00803. The molecule has 0 aliphatic carbocycles. The zero-order valence-corrected chi connectivity index (χ0v) is 15.2. The van der Waals surface area contributed by atoms with Crippen molar-refractivity contribution in [3.05, 3.63) is 10.0 Å². The predicted octanol–water partition coefficient (Wildman–Crippen LogP) is -0.608. The molecule has 2 atom stereocenters. The summed E-state index contributed by atoms with van der Waals surface area (Å²) in [6.07, 6.45) is 0. The summed E-state index contributed by atoms with van der Waals surface area (Å²) in [5.41, 5.74) is -0.517. The van der Waals surface area contributed by atoms with Crippen LogP contribution < -0.4 is 16.0 Å². The van der Waals surface area contributed by atoms with Gasteiger partial charge in [0.1, 0.15) is 29.1 Å². The molecular formula is C12H11Cl2N5O6S. The van der Waals surface area contributed by atoms with E-state index in [-0.39, 0.29) is 21.0 Å². The van der Waals surface area contributed by atoms with E-state index in [0.29, 0.717) is 0 Å². The van der Waals surface area contributed by atoms with Crippen molar-refractivity contribution in [1.29, 1.82) is 0 Å². The highest BCUT2D eigenvalue weighted by atomic mass is 35.5. The summed E-state index contributed by atoms with van der Waals surface area (Å²) < 4.78 is 0.00803. The number of oxime groups is 1. The Kier molecular flexibility index (Phi) is 6.34. The molecule has 14 heteroatoms. The molecule has 1 aromatic heterocycles. The highest BCUT2D eigenvalue weighted by Gasteiger charge is 2.46. The number of halogens is 2. The Bertz CT molecular complexity index is 797. The number of alkyl halides is 1. The van der Waals surface area contributed by atoms with Crippen molar-refractivity contribution in [1.82, 2.24) is 15.6 Å². The summed E-state index contributed by atoms with van der Waals surface area (Å²) in [6.45, 7) is 0. The molecule has 0 radical (unpaired) electrons. The first-order chi connectivity index (χ1) is 12.3. The second-order valence-electron chi connectivity index (χ2n) is 4.72. The number of carboxylic acid groups (broad SMARTS) is 1. The van der Waals surface area contributed by atoms with Gasteiger partial charge in [-0.25, -0.2) is 9.78 Å². The van der Waals surface area contributed by atoms with Crippen LogP contribution in [0.4, 0.5) is 5.13 Å². The molecule has 26 heavy (non-hydrogen) atoms. The number of hydrogen-bond acceptors (Lipinski definition) is 8. The van der Waals surface area contributed by atoms with Gasteiger partial charge in [-0.3, -0.25) is 14.4 Å². The molecule has 0 spiro atoms. The van der Waals surface area contributed by atoms with Gasteiger partial charge in [0, 0.05) is 0 Å². The van der Waals surface area contributed by atoms with Gasteiger partial charge in [-0.15, -0.1) is 11.6 Å². The van der Waals surface area contributed by atoms with Crippen molar-refractivity contribution >= 4 is 69.1 Å². The Morgan fingerprint density at radius 3 is 2.69 bits per heavy atom. The number of β-lactam (4-membered cyclic amide) rings is 1. The van der Waals surface area contributed by atoms with Crippen LogP contribution in [0.15, 0.2) is 5.16 Å². The largest absolute Gasteiger partial charge is 0.480 e. The average Bonchev–Trinajstić information content (AvgIpc) is 2.94. The number of anilines is 1. The van der Waals surface area contributed by atoms with Crippen LogP contribution in [0.25, 0.3) is 0 Å². The molecule has 1 aliphatic heterocycles. The Morgan fingerprint density at radius 1 is 1.46 bits per heavy atom. The molecule has 1 saturated heterocycles. The molecule has 0 saturated carbocycles. The fourth-order valence-corrected chi connectivity index (χ4v) is 3.01. The first kappa shape index (κ1) is 19.9. The summed E-state index contributed by atoms with van der Waals surface area (Å²) in [6, 6.07) is -2.55. The molecule has 0 aromatic carbocycles. The number of nitrogens with one attached hydrogen (secondary N) is 3. The number of rotatable bonds is 7. The second kappa shape index (κ2) is 8.29. The standard InChI is InChI=1S/C12H11Cl2N5O6S/c1-25-19-6(4-8(14)26-12(18-4)15-3(20)2-13)10(22)16-5-7(11(23)24)17-9(5)21/h5,7H,2H2,1H3,(H,16,22)(H,17,21)(H,23,24)(H,15,18,20). The third-order valence-electron chi connectivity index (χ3n) is 3.04. The zero-order valence-electron chi connectivity index (χ0n) is 12.9. The molecule has 1 fully saturated rings. The Labute approximate surface area is 159 Å². The van der Waals surface area contributed by atoms with Crippen molar-refractivity contribution in [3.63, 3.8) is 0 Å². The number of carboxylic acids is 1. The number of aliphatic carboxylic acids is 1. The number of carbonyl (C=O) groups is 4. The van der Waals surface area contributed by atoms with Gasteiger partial charge in [0.15, 0.2) is 16.9 Å². The lowest BCUT2D eigenvalue weighted by Gasteiger charge is -2.33. The summed E-state index contributed by atoms with van der Waals surface area (Å²) in [5, 5.41) is 19.2. The molecule has 2 unspecified atom stereocenters. The van der Waals surface area contributed by atoms with E-state index in [4.69, 9.17) is 28.3 Å². The number of hydrogen-bond donors (Lipinski definition) is 4. The molecule has 11 nitrogen and oxygen atoms in total. The van der Waals surface area contributed by atoms with Gasteiger partial charge in [-0.2, -0.15) is 0 Å². The van der Waals surface area contributed by atoms with E-state index < -0.39 is 41.5 Å². The molecule has 1 aromatic rings. The van der Waals surface area contributed by atoms with Crippen molar-refractivity contribution in [2.24, 2.45) is 5.16 Å². The monoisotopic (exact) mass is 423 g/mol. The summed E-state index contributed by atoms with van der Waals surface area (Å²) in [4.78, 5) is 54.7. The van der Waals surface area contributed by atoms with Gasteiger partial charge in [0.25, 0.3) is 5.91 Å². The lowest BCUT2D eigenvalue weighted by molar-refractivity contribution is -0.151. The Morgan fingerprint density at radius 2 is 2.15 bits per heavy atom. The lowest BCUT2D eigenvalue weighted by Crippen LogP contribution is -2.72. The molecule has 0 bridgehead atoms. The minimum Gasteiger partial charge on any atom is -0.480 e. The molecule has 2 rings (SSSR count). The number of thiazole rings is 1. The van der Waals surface area contributed by atoms with Crippen molar-refractivity contribution < 1.29 is 29.1 Å². The fourth-order valence-electron chi connectivity index (χ4n) is 1.88. The van der Waals surface area contributed by atoms with E-state index in [0.717, 1.165) is 11.3 Å². The zero-order chi connectivity index (χ0) is 19.4. The number of aromatic nitrogens is 1. The third kappa shape index (κ3) is 4.20. The maximum atomic E-state index is 12.4. The molecular weight excluding hydrogens is 413 g/mol. The molecule has 4 N–H and O–H groups in total. The van der Waals surface area contributed by atoms with Gasteiger partial charge in [0.2, 0.25) is 11.8 Å². The summed E-state index contributed by atoms with van der Waals surface area (Å²) in [7, 11) is 1.17. The lowest BCUT2D eigenvalue weighted by atomic mass is 9.99. The van der Waals surface area contributed by atoms with Crippen LogP contribution in [0.5, 0.6) is 0 Å². The Balaban J connectivity index is 2.22. The summed E-state index contributed by atoms with van der Waals surface area (Å²) >= 11 is 12.3. The van der Waals surface area contributed by atoms with E-state index in [2.05, 4.69) is 30.9 Å². The SMILES string of the molecule is CON=C(C(=O)NC1C(=O)NC1C(=O)O)c1nc(NC(=O)CCl)sc1Cl. The number of nitrogens with zero attached hydrogens (tertiary/aromatic N) is 2. The maximum absolute atomic E-state index is 12.4. The van der Waals surface area contributed by atoms with Crippen molar-refractivity contribution in [2.45, 2.75) is 12.1 Å². The number of carbonyl (C=O) groups excluding carboxylic acids is 3. The highest BCUT2D eigenvalue weighted by molar-refractivity contribution is 7.20. The van der Waals surface area contributed by atoms with Crippen molar-refractivity contribution in [3.8, 4) is 0 Å². The van der Waals surface area contributed by atoms with Gasteiger partial charge >= 0.3 is 5.97 Å². The van der Waals surface area contributed by atoms with Gasteiger partial charge in [-0.05, 0) is 0 Å². The molecule has 3 amide bonds. The van der Waals surface area contributed by atoms with Crippen LogP contribution in [0.2, 0.25) is 4.34 Å². The van der Waals surface area contributed by atoms with E-state index in [1.165, 1.54) is 7.11 Å². The third-order valence-corrected chi connectivity index (χ3v) is 4.45. The average molecular weight is 424 g/mol. The van der Waals surface area contributed by atoms with Crippen LogP contribution in [0.3, 0.4) is 0 Å². The van der Waals surface area contributed by atoms with Gasteiger partial charge in [0.05, 0.1) is 0 Å². The van der Waals surface area contributed by atoms with Crippen LogP contribution in [0, 0.1) is 0 Å². The van der Waals surface area contributed by atoms with E-state index in [1.54, 1.807) is 0 Å². The minimum atomic E-state index is -1.31. The first-order valence-corrected chi connectivity index (χ1v) is 8.49. The normalized spacial score (nSPS) is 19.2. The molecule has 1 aliphatic rings. The maximum Gasteiger partial charge on any atom is 0.328 e. The predicted molar refractivity (Wildman–Crippen MR) is 91.5 cm³/mol. The molecule has 140 valence electrons. The van der Waals surface area contributed by atoms with Crippen LogP contribution in [0.1, 0.15) is 5.69 Å². The smallest absolute Gasteiger partial charge is 0.328 e. The highest BCUT2D eigenvalue weighted by Crippen LogP contribution is 2.29. The second-order valence-corrected chi connectivity index (χ2v) is 6.59. The summed E-state index contributed by atoms with van der Waals surface area (Å²) in [5.74, 6) is -3.74. The van der Waals surface area contributed by atoms with Crippen molar-refractivity contribution in [2.75, 3.05) is 18.3 Å². The van der Waals surface area contributed by atoms with Gasteiger partial charge < -0.3 is 25.9 Å². The van der Waals surface area contributed by atoms with E-state index in [1.807, 2.05) is 0 Å². The first-order valence-electron chi connectivity index (χ1n) is 6.76. The van der Waals surface area contributed by atoms with E-state index in [9.17, 15) is 19.2 Å². The Hall–Kier alpha value is -2.44. The van der Waals surface area contributed by atoms with Crippen LogP contribution in [-0.2, 0) is 24.0 Å². The fraction of sp³-hybridized carbons (Fsp3) is 0.333. The topological polar surface area (TPSA) is 159 Å². The quantitative estimate of drug-likeness (QED) is 0.197. The van der Waals surface area contributed by atoms with E-state index >= 15 is 0 Å². The number of amides is 3. The molecule has 2 heterocycles. The van der Waals surface area contributed by atoms with Gasteiger partial charge in [-0.1, -0.05) is 28.1 Å². The van der Waals surface area contributed by atoms with Crippen LogP contribution >= 0.6 is 34.5 Å².